The third-order valence-corrected chi connectivity index (χ3v) is 3.81. The zero-order valence-corrected chi connectivity index (χ0v) is 11.3. The Labute approximate surface area is 110 Å². The molecule has 1 aliphatic heterocycles. The fraction of sp³-hybridized carbons (Fsp3) is 0.538. The molecular weight excluding hydrogens is 285 g/mol. The van der Waals surface area contributed by atoms with Crippen molar-refractivity contribution in [1.82, 2.24) is 4.90 Å². The van der Waals surface area contributed by atoms with Crippen LogP contribution in [0.5, 0.6) is 0 Å². The first kappa shape index (κ1) is 13.0. The van der Waals surface area contributed by atoms with Gasteiger partial charge in [0.25, 0.3) is 0 Å². The summed E-state index contributed by atoms with van der Waals surface area (Å²) in [6.07, 6.45) is 1.97. The van der Waals surface area contributed by atoms with E-state index < -0.39 is 0 Å². The van der Waals surface area contributed by atoms with E-state index in [0.29, 0.717) is 12.5 Å². The molecule has 17 heavy (non-hydrogen) atoms. The molecule has 1 fully saturated rings. The zero-order chi connectivity index (χ0) is 12.3. The molecule has 1 saturated heterocycles. The monoisotopic (exact) mass is 301 g/mol. The van der Waals surface area contributed by atoms with Crippen molar-refractivity contribution in [3.8, 4) is 0 Å². The molecule has 0 radical (unpaired) electrons. The molecule has 0 aromatic heterocycles. The van der Waals surface area contributed by atoms with Crippen LogP contribution in [0.2, 0.25) is 0 Å². The summed E-state index contributed by atoms with van der Waals surface area (Å²) in [7, 11) is 0. The van der Waals surface area contributed by atoms with Gasteiger partial charge in [-0.2, -0.15) is 0 Å². The first-order valence-corrected chi connectivity index (χ1v) is 6.75. The Kier molecular flexibility index (Phi) is 4.54. The standard InChI is InChI=1S/C13H17BrFNO/c14-12-2-1-11(13(15)7-12)9-16-5-3-10(8-16)4-6-17/h1-2,7,10,17H,3-6,8-9H2. The van der Waals surface area contributed by atoms with Crippen LogP contribution in [0.25, 0.3) is 0 Å². The second-order valence-electron chi connectivity index (χ2n) is 4.64. The van der Waals surface area contributed by atoms with Gasteiger partial charge in [0.15, 0.2) is 0 Å². The highest BCUT2D eigenvalue weighted by Crippen LogP contribution is 2.23. The van der Waals surface area contributed by atoms with Crippen molar-refractivity contribution in [1.29, 1.82) is 0 Å². The molecule has 1 atom stereocenters. The van der Waals surface area contributed by atoms with E-state index in [1.54, 1.807) is 0 Å². The lowest BCUT2D eigenvalue weighted by molar-refractivity contribution is 0.248. The van der Waals surface area contributed by atoms with Gasteiger partial charge in [-0.05, 0) is 37.4 Å². The van der Waals surface area contributed by atoms with Gasteiger partial charge in [0.1, 0.15) is 5.82 Å². The highest BCUT2D eigenvalue weighted by Gasteiger charge is 2.22. The second kappa shape index (κ2) is 5.94. The van der Waals surface area contributed by atoms with Crippen molar-refractivity contribution in [3.63, 3.8) is 0 Å². The Morgan fingerprint density at radius 3 is 3.00 bits per heavy atom. The first-order valence-electron chi connectivity index (χ1n) is 5.96. The van der Waals surface area contributed by atoms with Crippen LogP contribution in [-0.4, -0.2) is 29.7 Å². The van der Waals surface area contributed by atoms with E-state index in [9.17, 15) is 4.39 Å². The SMILES string of the molecule is OCCC1CCN(Cc2ccc(Br)cc2F)C1. The number of rotatable bonds is 4. The minimum atomic E-state index is -0.148. The fourth-order valence-electron chi connectivity index (χ4n) is 2.37. The number of hydrogen-bond acceptors (Lipinski definition) is 2. The largest absolute Gasteiger partial charge is 0.396 e. The van der Waals surface area contributed by atoms with Crippen LogP contribution >= 0.6 is 15.9 Å². The molecule has 0 spiro atoms. The van der Waals surface area contributed by atoms with Crippen LogP contribution in [-0.2, 0) is 6.54 Å². The fourth-order valence-corrected chi connectivity index (χ4v) is 2.70. The molecule has 0 bridgehead atoms. The molecule has 2 nitrogen and oxygen atoms in total. The van der Waals surface area contributed by atoms with Gasteiger partial charge < -0.3 is 5.11 Å². The predicted molar refractivity (Wildman–Crippen MR) is 69.2 cm³/mol. The van der Waals surface area contributed by atoms with E-state index in [1.165, 1.54) is 6.07 Å². The van der Waals surface area contributed by atoms with Gasteiger partial charge in [-0.3, -0.25) is 4.90 Å². The first-order chi connectivity index (χ1) is 8.19. The van der Waals surface area contributed by atoms with Gasteiger partial charge in [0.2, 0.25) is 0 Å². The van der Waals surface area contributed by atoms with Crippen molar-refractivity contribution >= 4 is 15.9 Å². The van der Waals surface area contributed by atoms with Crippen molar-refractivity contribution in [2.45, 2.75) is 19.4 Å². The van der Waals surface area contributed by atoms with E-state index in [-0.39, 0.29) is 12.4 Å². The highest BCUT2D eigenvalue weighted by atomic mass is 79.9. The molecule has 0 amide bonds. The molecule has 1 heterocycles. The Balaban J connectivity index is 1.93. The summed E-state index contributed by atoms with van der Waals surface area (Å²) in [6.45, 7) is 2.89. The van der Waals surface area contributed by atoms with Crippen LogP contribution in [0.4, 0.5) is 4.39 Å². The van der Waals surface area contributed by atoms with Crippen molar-refractivity contribution in [2.75, 3.05) is 19.7 Å². The Morgan fingerprint density at radius 1 is 1.47 bits per heavy atom. The van der Waals surface area contributed by atoms with Crippen LogP contribution < -0.4 is 0 Å². The van der Waals surface area contributed by atoms with Gasteiger partial charge in [0, 0.05) is 29.7 Å². The Bertz CT molecular complexity index is 386. The normalized spacial score (nSPS) is 21.0. The van der Waals surface area contributed by atoms with E-state index in [2.05, 4.69) is 20.8 Å². The number of hydrogen-bond donors (Lipinski definition) is 1. The summed E-state index contributed by atoms with van der Waals surface area (Å²) in [5.74, 6) is 0.420. The lowest BCUT2D eigenvalue weighted by Gasteiger charge is -2.16. The summed E-state index contributed by atoms with van der Waals surface area (Å²) in [4.78, 5) is 2.26. The predicted octanol–water partition coefficient (Wildman–Crippen LogP) is 2.79. The molecule has 4 heteroatoms. The maximum absolute atomic E-state index is 13.7. The zero-order valence-electron chi connectivity index (χ0n) is 9.70. The third-order valence-electron chi connectivity index (χ3n) is 3.32. The number of likely N-dealkylation sites (tertiary alicyclic amines) is 1. The van der Waals surface area contributed by atoms with Gasteiger partial charge in [-0.25, -0.2) is 4.39 Å². The highest BCUT2D eigenvalue weighted by molar-refractivity contribution is 9.10. The quantitative estimate of drug-likeness (QED) is 0.924. The summed E-state index contributed by atoms with van der Waals surface area (Å²) in [5, 5.41) is 8.89. The van der Waals surface area contributed by atoms with Crippen molar-refractivity contribution in [2.24, 2.45) is 5.92 Å². The van der Waals surface area contributed by atoms with Crippen molar-refractivity contribution < 1.29 is 9.50 Å². The average molecular weight is 302 g/mol. The number of aliphatic hydroxyl groups excluding tert-OH is 1. The minimum absolute atomic E-state index is 0.148. The van der Waals surface area contributed by atoms with Gasteiger partial charge >= 0.3 is 0 Å². The smallest absolute Gasteiger partial charge is 0.128 e. The van der Waals surface area contributed by atoms with Gasteiger partial charge in [-0.1, -0.05) is 22.0 Å². The van der Waals surface area contributed by atoms with E-state index >= 15 is 0 Å². The van der Waals surface area contributed by atoms with Crippen molar-refractivity contribution in [3.05, 3.63) is 34.1 Å². The number of nitrogens with zero attached hydrogens (tertiary/aromatic N) is 1. The molecule has 94 valence electrons. The third kappa shape index (κ3) is 3.50. The molecule has 2 rings (SSSR count). The minimum Gasteiger partial charge on any atom is -0.396 e. The molecule has 1 N–H and O–H groups in total. The van der Waals surface area contributed by atoms with E-state index in [1.807, 2.05) is 12.1 Å². The number of benzene rings is 1. The van der Waals surface area contributed by atoms with Gasteiger partial charge in [-0.15, -0.1) is 0 Å². The van der Waals surface area contributed by atoms with Crippen LogP contribution in [0.15, 0.2) is 22.7 Å². The topological polar surface area (TPSA) is 23.5 Å². The summed E-state index contributed by atoms with van der Waals surface area (Å²) >= 11 is 3.26. The molecule has 0 saturated carbocycles. The average Bonchev–Trinajstić information content (AvgIpc) is 2.71. The van der Waals surface area contributed by atoms with Crippen LogP contribution in [0.3, 0.4) is 0 Å². The summed E-state index contributed by atoms with van der Waals surface area (Å²) in [5.41, 5.74) is 0.748. The van der Waals surface area contributed by atoms with E-state index in [0.717, 1.165) is 36.0 Å². The summed E-state index contributed by atoms with van der Waals surface area (Å²) < 4.78 is 14.4. The van der Waals surface area contributed by atoms with Crippen LogP contribution in [0, 0.1) is 11.7 Å². The number of aliphatic hydroxyl groups is 1. The number of halogens is 2. The molecular formula is C13H17BrFNO. The van der Waals surface area contributed by atoms with Gasteiger partial charge in [0.05, 0.1) is 0 Å². The molecule has 1 aromatic carbocycles. The molecule has 1 unspecified atom stereocenters. The van der Waals surface area contributed by atoms with Crippen LogP contribution in [0.1, 0.15) is 18.4 Å². The lowest BCUT2D eigenvalue weighted by Crippen LogP contribution is -2.21. The summed E-state index contributed by atoms with van der Waals surface area (Å²) in [6, 6.07) is 5.22. The molecule has 0 aliphatic carbocycles. The maximum atomic E-state index is 13.7. The Hall–Kier alpha value is -0.450. The van der Waals surface area contributed by atoms with E-state index in [4.69, 9.17) is 5.11 Å². The maximum Gasteiger partial charge on any atom is 0.128 e. The molecule has 1 aliphatic rings. The molecule has 1 aromatic rings. The second-order valence-corrected chi connectivity index (χ2v) is 5.55. The lowest BCUT2D eigenvalue weighted by atomic mass is 10.1. The Morgan fingerprint density at radius 2 is 2.29 bits per heavy atom.